The number of hydrogen-bond acceptors (Lipinski definition) is 3. The molecule has 2 rings (SSSR count). The number of benzene rings is 1. The van der Waals surface area contributed by atoms with E-state index in [4.69, 9.17) is 16.7 Å². The van der Waals surface area contributed by atoms with Gasteiger partial charge in [-0.15, -0.1) is 12.4 Å². The van der Waals surface area contributed by atoms with E-state index in [1.807, 2.05) is 23.1 Å². The van der Waals surface area contributed by atoms with Crippen molar-refractivity contribution >= 4 is 35.9 Å². The molecule has 0 unspecified atom stereocenters. The Morgan fingerprint density at radius 3 is 2.36 bits per heavy atom. The average molecular weight is 347 g/mol. The van der Waals surface area contributed by atoms with Crippen LogP contribution in [0.4, 0.5) is 0 Å². The van der Waals surface area contributed by atoms with Gasteiger partial charge in [-0.2, -0.15) is 0 Å². The Hall–Kier alpha value is -1.30. The average Bonchev–Trinajstić information content (AvgIpc) is 2.48. The number of piperazine rings is 1. The Kier molecular flexibility index (Phi) is 7.65. The van der Waals surface area contributed by atoms with Crippen molar-refractivity contribution < 1.29 is 14.7 Å². The van der Waals surface area contributed by atoms with Gasteiger partial charge in [0.05, 0.1) is 12.8 Å². The molecule has 0 aliphatic carbocycles. The lowest BCUT2D eigenvalue weighted by atomic mass is 10.1. The van der Waals surface area contributed by atoms with Gasteiger partial charge in [0.25, 0.3) is 0 Å². The fourth-order valence-corrected chi connectivity index (χ4v) is 2.59. The predicted molar refractivity (Wildman–Crippen MR) is 87.7 cm³/mol. The first-order chi connectivity index (χ1) is 10.1. The highest BCUT2D eigenvalue weighted by atomic mass is 35.5. The van der Waals surface area contributed by atoms with E-state index < -0.39 is 5.97 Å². The van der Waals surface area contributed by atoms with E-state index in [2.05, 4.69) is 4.90 Å². The van der Waals surface area contributed by atoms with Gasteiger partial charge >= 0.3 is 5.97 Å². The summed E-state index contributed by atoms with van der Waals surface area (Å²) in [5, 5.41) is 9.29. The van der Waals surface area contributed by atoms with Crippen molar-refractivity contribution in [2.45, 2.75) is 12.8 Å². The molecule has 1 amide bonds. The highest BCUT2D eigenvalue weighted by Gasteiger charge is 2.21. The number of rotatable bonds is 5. The normalized spacial score (nSPS) is 15.2. The number of carboxylic acid groups (broad SMARTS) is 1. The lowest BCUT2D eigenvalue weighted by Gasteiger charge is -2.34. The highest BCUT2D eigenvalue weighted by Crippen LogP contribution is 2.16. The highest BCUT2D eigenvalue weighted by molar-refractivity contribution is 6.31. The van der Waals surface area contributed by atoms with Gasteiger partial charge in [-0.25, -0.2) is 0 Å². The molecule has 0 saturated carbocycles. The summed E-state index contributed by atoms with van der Waals surface area (Å²) >= 11 is 6.07. The fraction of sp³-hybridized carbons (Fsp3) is 0.467. The zero-order chi connectivity index (χ0) is 15.2. The third-order valence-corrected chi connectivity index (χ3v) is 4.04. The zero-order valence-electron chi connectivity index (χ0n) is 12.2. The number of carboxylic acids is 1. The minimum Gasteiger partial charge on any atom is -0.481 e. The minimum absolute atomic E-state index is 0. The Bertz CT molecular complexity index is 517. The number of aliphatic carboxylic acids is 1. The van der Waals surface area contributed by atoms with Crippen molar-refractivity contribution in [2.24, 2.45) is 0 Å². The summed E-state index contributed by atoms with van der Waals surface area (Å²) in [5.41, 5.74) is 0.845. The molecule has 1 aromatic carbocycles. The van der Waals surface area contributed by atoms with Crippen molar-refractivity contribution in [2.75, 3.05) is 32.7 Å². The minimum atomic E-state index is -0.785. The maximum Gasteiger partial charge on any atom is 0.304 e. The van der Waals surface area contributed by atoms with Crippen LogP contribution in [0, 0.1) is 0 Å². The standard InChI is InChI=1S/C15H19ClN2O3.ClH/c16-13-4-2-1-3-12(13)11-14(19)18-9-7-17(8-10-18)6-5-15(20)21;/h1-4H,5-11H2,(H,20,21);1H. The van der Waals surface area contributed by atoms with Crippen LogP contribution < -0.4 is 0 Å². The molecule has 1 fully saturated rings. The monoisotopic (exact) mass is 346 g/mol. The molecule has 1 N–H and O–H groups in total. The van der Waals surface area contributed by atoms with Gasteiger partial charge < -0.3 is 10.0 Å². The first kappa shape index (κ1) is 18.7. The summed E-state index contributed by atoms with van der Waals surface area (Å²) in [4.78, 5) is 26.7. The molecule has 0 aromatic heterocycles. The summed E-state index contributed by atoms with van der Waals surface area (Å²) < 4.78 is 0. The molecular formula is C15H20Cl2N2O3. The Balaban J connectivity index is 0.00000242. The van der Waals surface area contributed by atoms with Gasteiger partial charge in [0, 0.05) is 37.7 Å². The summed E-state index contributed by atoms with van der Waals surface area (Å²) in [6.07, 6.45) is 0.461. The maximum atomic E-state index is 12.2. The largest absolute Gasteiger partial charge is 0.481 e. The van der Waals surface area contributed by atoms with Crippen molar-refractivity contribution in [3.8, 4) is 0 Å². The molecule has 122 valence electrons. The topological polar surface area (TPSA) is 60.9 Å². The quantitative estimate of drug-likeness (QED) is 0.884. The van der Waals surface area contributed by atoms with E-state index in [1.54, 1.807) is 6.07 Å². The van der Waals surface area contributed by atoms with E-state index >= 15 is 0 Å². The van der Waals surface area contributed by atoms with Crippen LogP contribution in [0.1, 0.15) is 12.0 Å². The van der Waals surface area contributed by atoms with Gasteiger partial charge in [-0.05, 0) is 11.6 Å². The van der Waals surface area contributed by atoms with Gasteiger partial charge in [0.15, 0.2) is 0 Å². The van der Waals surface area contributed by atoms with Crippen LogP contribution in [0.15, 0.2) is 24.3 Å². The van der Waals surface area contributed by atoms with Crippen LogP contribution in [-0.4, -0.2) is 59.5 Å². The van der Waals surface area contributed by atoms with Crippen LogP contribution >= 0.6 is 24.0 Å². The number of nitrogens with zero attached hydrogens (tertiary/aromatic N) is 2. The maximum absolute atomic E-state index is 12.2. The summed E-state index contributed by atoms with van der Waals surface area (Å²) in [5.74, 6) is -0.715. The second-order valence-electron chi connectivity index (χ2n) is 5.13. The van der Waals surface area contributed by atoms with Crippen molar-refractivity contribution in [1.82, 2.24) is 9.80 Å². The number of carbonyl (C=O) groups is 2. The van der Waals surface area contributed by atoms with Gasteiger partial charge in [-0.1, -0.05) is 29.8 Å². The van der Waals surface area contributed by atoms with E-state index in [1.165, 1.54) is 0 Å². The molecule has 0 spiro atoms. The van der Waals surface area contributed by atoms with E-state index in [9.17, 15) is 9.59 Å². The second kappa shape index (κ2) is 8.98. The summed E-state index contributed by atoms with van der Waals surface area (Å²) in [7, 11) is 0. The molecule has 0 bridgehead atoms. The lowest BCUT2D eigenvalue weighted by Crippen LogP contribution is -2.49. The third kappa shape index (κ3) is 5.48. The Labute approximate surface area is 141 Å². The molecule has 1 aliphatic heterocycles. The van der Waals surface area contributed by atoms with Crippen molar-refractivity contribution in [1.29, 1.82) is 0 Å². The first-order valence-corrected chi connectivity index (χ1v) is 7.39. The van der Waals surface area contributed by atoms with E-state index in [0.717, 1.165) is 18.7 Å². The fourth-order valence-electron chi connectivity index (χ4n) is 2.39. The van der Waals surface area contributed by atoms with E-state index in [-0.39, 0.29) is 24.7 Å². The SMILES string of the molecule is Cl.O=C(O)CCN1CCN(C(=O)Cc2ccccc2Cl)CC1. The van der Waals surface area contributed by atoms with Gasteiger partial charge in [0.1, 0.15) is 0 Å². The zero-order valence-corrected chi connectivity index (χ0v) is 13.8. The molecule has 7 heteroatoms. The molecule has 1 aromatic rings. The predicted octanol–water partition coefficient (Wildman–Crippen LogP) is 1.92. The van der Waals surface area contributed by atoms with Crippen molar-refractivity contribution in [3.05, 3.63) is 34.9 Å². The first-order valence-electron chi connectivity index (χ1n) is 7.01. The summed E-state index contributed by atoms with van der Waals surface area (Å²) in [6.45, 7) is 3.27. The van der Waals surface area contributed by atoms with Gasteiger partial charge in [0.2, 0.25) is 5.91 Å². The number of amides is 1. The number of carbonyl (C=O) groups excluding carboxylic acids is 1. The van der Waals surface area contributed by atoms with Crippen molar-refractivity contribution in [3.63, 3.8) is 0 Å². The lowest BCUT2D eigenvalue weighted by molar-refractivity contribution is -0.138. The molecule has 1 heterocycles. The van der Waals surface area contributed by atoms with Gasteiger partial charge in [-0.3, -0.25) is 14.5 Å². The van der Waals surface area contributed by atoms with Crippen LogP contribution in [-0.2, 0) is 16.0 Å². The van der Waals surface area contributed by atoms with E-state index in [0.29, 0.717) is 31.1 Å². The molecule has 1 saturated heterocycles. The molecular weight excluding hydrogens is 327 g/mol. The smallest absolute Gasteiger partial charge is 0.304 e. The Morgan fingerprint density at radius 2 is 1.77 bits per heavy atom. The second-order valence-corrected chi connectivity index (χ2v) is 5.54. The molecule has 22 heavy (non-hydrogen) atoms. The summed E-state index contributed by atoms with van der Waals surface area (Å²) in [6, 6.07) is 7.37. The Morgan fingerprint density at radius 1 is 1.14 bits per heavy atom. The molecule has 0 radical (unpaired) electrons. The molecule has 1 aliphatic rings. The molecule has 0 atom stereocenters. The number of hydrogen-bond donors (Lipinski definition) is 1. The molecule has 5 nitrogen and oxygen atoms in total. The van der Waals surface area contributed by atoms with Crippen LogP contribution in [0.3, 0.4) is 0 Å². The van der Waals surface area contributed by atoms with Crippen LogP contribution in [0.5, 0.6) is 0 Å². The number of halogens is 2. The van der Waals surface area contributed by atoms with Crippen LogP contribution in [0.25, 0.3) is 0 Å². The third-order valence-electron chi connectivity index (χ3n) is 3.67. The van der Waals surface area contributed by atoms with Crippen LogP contribution in [0.2, 0.25) is 5.02 Å².